The third kappa shape index (κ3) is 3.33. The molecule has 0 aliphatic heterocycles. The molecule has 0 amide bonds. The average molecular weight is 292 g/mol. The summed E-state index contributed by atoms with van der Waals surface area (Å²) in [6.45, 7) is 5.82. The number of rotatable bonds is 4. The summed E-state index contributed by atoms with van der Waals surface area (Å²) in [5.74, 6) is 1.10. The van der Waals surface area contributed by atoms with E-state index in [1.165, 1.54) is 0 Å². The van der Waals surface area contributed by atoms with E-state index >= 15 is 0 Å². The van der Waals surface area contributed by atoms with Crippen LogP contribution in [-0.2, 0) is 0 Å². The number of nitrogens with two attached hydrogens (primary N) is 1. The summed E-state index contributed by atoms with van der Waals surface area (Å²) in [6, 6.07) is 9.27. The maximum atomic E-state index is 6.10. The Balaban J connectivity index is 2.27. The van der Waals surface area contributed by atoms with Crippen molar-refractivity contribution in [3.8, 4) is 5.88 Å². The van der Waals surface area contributed by atoms with Crippen LogP contribution in [0.2, 0.25) is 5.02 Å². The van der Waals surface area contributed by atoms with Crippen molar-refractivity contribution in [2.45, 2.75) is 26.9 Å². The largest absolute Gasteiger partial charge is 0.473 e. The van der Waals surface area contributed by atoms with E-state index in [4.69, 9.17) is 22.1 Å². The molecule has 0 saturated heterocycles. The smallest absolute Gasteiger partial charge is 0.239 e. The Kier molecular flexibility index (Phi) is 4.35. The van der Waals surface area contributed by atoms with Gasteiger partial charge in [0.05, 0.1) is 11.8 Å². The molecule has 2 aromatic rings. The van der Waals surface area contributed by atoms with Crippen molar-refractivity contribution in [1.29, 1.82) is 0 Å². The van der Waals surface area contributed by atoms with Gasteiger partial charge in [-0.1, -0.05) is 17.7 Å². The second-order valence-electron chi connectivity index (χ2n) is 4.79. The van der Waals surface area contributed by atoms with Gasteiger partial charge in [-0.25, -0.2) is 0 Å². The lowest BCUT2D eigenvalue weighted by molar-refractivity contribution is 0.234. The van der Waals surface area contributed by atoms with Crippen molar-refractivity contribution in [3.63, 3.8) is 0 Å². The lowest BCUT2D eigenvalue weighted by Gasteiger charge is -2.14. The zero-order valence-electron chi connectivity index (χ0n) is 11.8. The number of nitrogens with zero attached hydrogens (tertiary/aromatic N) is 1. The standard InChI is InChI=1S/C15H18ClN3O/c1-9(2)20-15-12(17)7-8-14(19-15)18-13-6-4-5-11(16)10(13)3/h4-9H,17H2,1-3H3,(H,18,19). The van der Waals surface area contributed by atoms with E-state index in [1.807, 2.05) is 45.0 Å². The number of aromatic nitrogens is 1. The van der Waals surface area contributed by atoms with Crippen LogP contribution in [-0.4, -0.2) is 11.1 Å². The minimum absolute atomic E-state index is 0.0213. The molecule has 4 nitrogen and oxygen atoms in total. The van der Waals surface area contributed by atoms with Gasteiger partial charge >= 0.3 is 0 Å². The van der Waals surface area contributed by atoms with Crippen molar-refractivity contribution >= 4 is 28.8 Å². The van der Waals surface area contributed by atoms with Gasteiger partial charge in [0.25, 0.3) is 0 Å². The van der Waals surface area contributed by atoms with Gasteiger partial charge in [0, 0.05) is 10.7 Å². The summed E-state index contributed by atoms with van der Waals surface area (Å²) in [5, 5.41) is 3.93. The lowest BCUT2D eigenvalue weighted by Crippen LogP contribution is -2.09. The second-order valence-corrected chi connectivity index (χ2v) is 5.20. The number of nitrogen functional groups attached to an aromatic ring is 1. The number of pyridine rings is 1. The summed E-state index contributed by atoms with van der Waals surface area (Å²) in [7, 11) is 0. The van der Waals surface area contributed by atoms with Crippen LogP contribution in [0.15, 0.2) is 30.3 Å². The van der Waals surface area contributed by atoms with Crippen molar-refractivity contribution < 1.29 is 4.74 Å². The van der Waals surface area contributed by atoms with Crippen LogP contribution in [0.25, 0.3) is 0 Å². The van der Waals surface area contributed by atoms with Gasteiger partial charge in [-0.3, -0.25) is 0 Å². The molecular formula is C15H18ClN3O. The Morgan fingerprint density at radius 3 is 2.70 bits per heavy atom. The van der Waals surface area contributed by atoms with E-state index in [9.17, 15) is 0 Å². The Hall–Kier alpha value is -1.94. The van der Waals surface area contributed by atoms with Crippen LogP contribution in [0.4, 0.5) is 17.2 Å². The van der Waals surface area contributed by atoms with E-state index in [0.29, 0.717) is 22.4 Å². The average Bonchev–Trinajstić information content (AvgIpc) is 2.38. The summed E-state index contributed by atoms with van der Waals surface area (Å²) in [5.41, 5.74) is 8.25. The molecule has 1 heterocycles. The molecule has 0 saturated carbocycles. The van der Waals surface area contributed by atoms with Crippen molar-refractivity contribution in [3.05, 3.63) is 40.9 Å². The summed E-state index contributed by atoms with van der Waals surface area (Å²) >= 11 is 6.10. The van der Waals surface area contributed by atoms with E-state index in [1.54, 1.807) is 6.07 Å². The van der Waals surface area contributed by atoms with Gasteiger partial charge in [-0.2, -0.15) is 4.98 Å². The van der Waals surface area contributed by atoms with E-state index < -0.39 is 0 Å². The highest BCUT2D eigenvalue weighted by molar-refractivity contribution is 6.31. The molecule has 5 heteroatoms. The first-order chi connectivity index (χ1) is 9.47. The Bertz CT molecular complexity index is 614. The highest BCUT2D eigenvalue weighted by atomic mass is 35.5. The predicted molar refractivity (Wildman–Crippen MR) is 83.9 cm³/mol. The number of benzene rings is 1. The number of hydrogen-bond donors (Lipinski definition) is 2. The molecule has 0 radical (unpaired) electrons. The maximum Gasteiger partial charge on any atom is 0.239 e. The van der Waals surface area contributed by atoms with Crippen molar-refractivity contribution in [2.24, 2.45) is 0 Å². The molecule has 0 bridgehead atoms. The second kappa shape index (κ2) is 6.01. The van der Waals surface area contributed by atoms with Crippen LogP contribution in [0, 0.1) is 6.92 Å². The molecule has 0 atom stereocenters. The molecule has 3 N–H and O–H groups in total. The quantitative estimate of drug-likeness (QED) is 0.888. The first kappa shape index (κ1) is 14.5. The third-order valence-corrected chi connectivity index (χ3v) is 3.18. The normalized spacial score (nSPS) is 10.7. The predicted octanol–water partition coefficient (Wildman–Crippen LogP) is 4.16. The number of anilines is 3. The highest BCUT2D eigenvalue weighted by Gasteiger charge is 2.08. The fraction of sp³-hybridized carbons (Fsp3) is 0.267. The lowest BCUT2D eigenvalue weighted by atomic mass is 10.2. The van der Waals surface area contributed by atoms with Gasteiger partial charge in [-0.15, -0.1) is 0 Å². The monoisotopic (exact) mass is 291 g/mol. The number of nitrogens with one attached hydrogen (secondary N) is 1. The van der Waals surface area contributed by atoms with Gasteiger partial charge in [-0.05, 0) is 50.6 Å². The van der Waals surface area contributed by atoms with Gasteiger partial charge in [0.15, 0.2) is 0 Å². The summed E-state index contributed by atoms with van der Waals surface area (Å²) < 4.78 is 5.58. The van der Waals surface area contributed by atoms with Crippen LogP contribution in [0.3, 0.4) is 0 Å². The topological polar surface area (TPSA) is 60.2 Å². The van der Waals surface area contributed by atoms with Crippen LogP contribution in [0.5, 0.6) is 5.88 Å². The van der Waals surface area contributed by atoms with E-state index in [2.05, 4.69) is 10.3 Å². The first-order valence-electron chi connectivity index (χ1n) is 6.42. The van der Waals surface area contributed by atoms with Crippen molar-refractivity contribution in [1.82, 2.24) is 4.98 Å². The zero-order valence-corrected chi connectivity index (χ0v) is 12.5. The van der Waals surface area contributed by atoms with Crippen LogP contribution >= 0.6 is 11.6 Å². The molecular weight excluding hydrogens is 274 g/mol. The zero-order chi connectivity index (χ0) is 14.7. The Labute approximate surface area is 123 Å². The molecule has 0 spiro atoms. The van der Waals surface area contributed by atoms with Gasteiger partial charge in [0.2, 0.25) is 5.88 Å². The SMILES string of the molecule is Cc1c(Cl)cccc1Nc1ccc(N)c(OC(C)C)n1. The number of hydrogen-bond acceptors (Lipinski definition) is 4. The van der Waals surface area contributed by atoms with Crippen LogP contribution < -0.4 is 15.8 Å². The first-order valence-corrected chi connectivity index (χ1v) is 6.80. The van der Waals surface area contributed by atoms with E-state index in [0.717, 1.165) is 11.3 Å². The Morgan fingerprint density at radius 1 is 1.25 bits per heavy atom. The Morgan fingerprint density at radius 2 is 2.00 bits per heavy atom. The molecule has 0 aliphatic carbocycles. The molecule has 2 rings (SSSR count). The molecule has 0 fully saturated rings. The third-order valence-electron chi connectivity index (χ3n) is 2.77. The number of ether oxygens (including phenoxy) is 1. The number of halogens is 1. The van der Waals surface area contributed by atoms with E-state index in [-0.39, 0.29) is 6.10 Å². The minimum Gasteiger partial charge on any atom is -0.473 e. The van der Waals surface area contributed by atoms with Crippen molar-refractivity contribution in [2.75, 3.05) is 11.1 Å². The molecule has 1 aromatic carbocycles. The highest BCUT2D eigenvalue weighted by Crippen LogP contribution is 2.28. The van der Waals surface area contributed by atoms with Crippen LogP contribution in [0.1, 0.15) is 19.4 Å². The maximum absolute atomic E-state index is 6.10. The minimum atomic E-state index is 0.0213. The molecule has 0 aliphatic rings. The molecule has 20 heavy (non-hydrogen) atoms. The molecule has 0 unspecified atom stereocenters. The fourth-order valence-electron chi connectivity index (χ4n) is 1.72. The summed E-state index contributed by atoms with van der Waals surface area (Å²) in [6.07, 6.45) is 0.0213. The fourth-order valence-corrected chi connectivity index (χ4v) is 1.89. The van der Waals surface area contributed by atoms with Gasteiger partial charge in [0.1, 0.15) is 5.82 Å². The molecule has 1 aromatic heterocycles. The summed E-state index contributed by atoms with van der Waals surface area (Å²) in [4.78, 5) is 4.38. The van der Waals surface area contributed by atoms with Gasteiger partial charge < -0.3 is 15.8 Å². The molecule has 106 valence electrons.